The van der Waals surface area contributed by atoms with Crippen LogP contribution >= 0.6 is 11.3 Å². The molecular formula is C19H14F5NO3S. The van der Waals surface area contributed by atoms with Gasteiger partial charge in [-0.2, -0.15) is 22.0 Å². The summed E-state index contributed by atoms with van der Waals surface area (Å²) in [5.74, 6) is -2.03. The van der Waals surface area contributed by atoms with Crippen LogP contribution in [0.4, 0.5) is 22.0 Å². The second-order valence-electron chi connectivity index (χ2n) is 6.02. The third-order valence-corrected chi connectivity index (χ3v) is 4.97. The van der Waals surface area contributed by atoms with Gasteiger partial charge in [0.1, 0.15) is 10.8 Å². The molecule has 0 bridgehead atoms. The average Bonchev–Trinajstić information content (AvgIpc) is 3.06. The second-order valence-corrected chi connectivity index (χ2v) is 7.05. The number of aryl methyl sites for hydroxylation is 1. The van der Waals surface area contributed by atoms with Crippen molar-refractivity contribution in [1.82, 2.24) is 4.98 Å². The normalized spacial score (nSPS) is 12.2. The minimum absolute atomic E-state index is 0.187. The monoisotopic (exact) mass is 431 g/mol. The summed E-state index contributed by atoms with van der Waals surface area (Å²) in [5.41, 5.74) is 0.195. The molecule has 0 fully saturated rings. The third-order valence-electron chi connectivity index (χ3n) is 3.89. The van der Waals surface area contributed by atoms with E-state index in [2.05, 4.69) is 14.5 Å². The van der Waals surface area contributed by atoms with E-state index in [4.69, 9.17) is 0 Å². The maximum Gasteiger partial charge on any atom is 0.502 e. The number of fused-ring (bicyclic) bond motifs is 1. The van der Waals surface area contributed by atoms with E-state index in [1.807, 2.05) is 0 Å². The molecule has 29 heavy (non-hydrogen) atoms. The molecule has 2 aromatic carbocycles. The van der Waals surface area contributed by atoms with Crippen LogP contribution in [0.3, 0.4) is 0 Å². The number of ether oxygens (including phenoxy) is 2. The molecular weight excluding hydrogens is 417 g/mol. The third kappa shape index (κ3) is 4.47. The summed E-state index contributed by atoms with van der Waals surface area (Å²) in [6.45, 7) is 2.67. The largest absolute Gasteiger partial charge is 0.502 e. The molecule has 3 rings (SSSR count). The van der Waals surface area contributed by atoms with E-state index in [9.17, 15) is 26.7 Å². The zero-order valence-electron chi connectivity index (χ0n) is 15.1. The lowest BCUT2D eigenvalue weighted by Gasteiger charge is -2.17. The molecule has 154 valence electrons. The first kappa shape index (κ1) is 21.0. The summed E-state index contributed by atoms with van der Waals surface area (Å²) in [6.07, 6.45) is -8.62. The van der Waals surface area contributed by atoms with Crippen molar-refractivity contribution in [2.24, 2.45) is 0 Å². The van der Waals surface area contributed by atoms with Gasteiger partial charge >= 0.3 is 18.3 Å². The van der Waals surface area contributed by atoms with Gasteiger partial charge in [-0.15, -0.1) is 11.3 Å². The Kier molecular flexibility index (Phi) is 5.48. The Labute approximate surface area is 165 Å². The molecule has 0 saturated heterocycles. The lowest BCUT2D eigenvalue weighted by molar-refractivity contribution is -0.216. The van der Waals surface area contributed by atoms with Crippen molar-refractivity contribution in [2.75, 3.05) is 6.61 Å². The Morgan fingerprint density at radius 1 is 1.10 bits per heavy atom. The molecule has 0 aliphatic heterocycles. The smallest absolute Gasteiger partial charge is 0.459 e. The Hall–Kier alpha value is -2.75. The number of carbonyl (C=O) groups is 1. The molecule has 4 nitrogen and oxygen atoms in total. The van der Waals surface area contributed by atoms with E-state index in [-0.39, 0.29) is 17.9 Å². The summed E-state index contributed by atoms with van der Waals surface area (Å²) >= 11 is 1.17. The van der Waals surface area contributed by atoms with Gasteiger partial charge in [0.2, 0.25) is 0 Å². The molecule has 1 aromatic heterocycles. The fraction of sp³-hybridized carbons (Fsp3) is 0.263. The van der Waals surface area contributed by atoms with Gasteiger partial charge in [0.15, 0.2) is 0 Å². The number of hydrogen-bond acceptors (Lipinski definition) is 5. The molecule has 3 aromatic rings. The number of aromatic nitrogens is 1. The molecule has 0 unspecified atom stereocenters. The minimum Gasteiger partial charge on any atom is -0.459 e. The number of halogens is 5. The van der Waals surface area contributed by atoms with Gasteiger partial charge in [0.25, 0.3) is 0 Å². The Balaban J connectivity index is 1.89. The average molecular weight is 431 g/mol. The molecule has 1 heterocycles. The van der Waals surface area contributed by atoms with Crippen LogP contribution in [0.5, 0.6) is 5.75 Å². The van der Waals surface area contributed by atoms with Crippen molar-refractivity contribution in [3.05, 3.63) is 47.5 Å². The van der Waals surface area contributed by atoms with Crippen molar-refractivity contribution in [1.29, 1.82) is 0 Å². The maximum atomic E-state index is 13.8. The molecule has 0 aliphatic rings. The van der Waals surface area contributed by atoms with Crippen LogP contribution in [0.15, 0.2) is 36.4 Å². The molecule has 0 amide bonds. The molecule has 10 heteroatoms. The van der Waals surface area contributed by atoms with Gasteiger partial charge in [-0.25, -0.2) is 9.78 Å². The van der Waals surface area contributed by atoms with Crippen LogP contribution in [-0.4, -0.2) is 23.7 Å². The van der Waals surface area contributed by atoms with Crippen LogP contribution < -0.4 is 4.74 Å². The lowest BCUT2D eigenvalue weighted by atomic mass is 10.1. The zero-order valence-corrected chi connectivity index (χ0v) is 16.0. The molecule has 0 atom stereocenters. The summed E-state index contributed by atoms with van der Waals surface area (Å²) in [7, 11) is 0. The molecule has 0 aliphatic carbocycles. The van der Waals surface area contributed by atoms with Gasteiger partial charge in [-0.3, -0.25) is 0 Å². The van der Waals surface area contributed by atoms with Crippen molar-refractivity contribution >= 4 is 27.5 Å². The van der Waals surface area contributed by atoms with E-state index in [0.29, 0.717) is 20.8 Å². The number of alkyl halides is 5. The highest BCUT2D eigenvalue weighted by molar-refractivity contribution is 7.21. The van der Waals surface area contributed by atoms with Crippen LogP contribution in [-0.2, 0) is 15.7 Å². The molecule has 0 N–H and O–H groups in total. The van der Waals surface area contributed by atoms with Gasteiger partial charge in [0.05, 0.1) is 22.4 Å². The lowest BCUT2D eigenvalue weighted by Crippen LogP contribution is -2.37. The van der Waals surface area contributed by atoms with Gasteiger partial charge < -0.3 is 9.47 Å². The van der Waals surface area contributed by atoms with Gasteiger partial charge in [-0.05, 0) is 55.8 Å². The number of carbonyl (C=O) groups excluding carboxylic acids is 1. The van der Waals surface area contributed by atoms with Crippen molar-refractivity contribution < 1.29 is 36.2 Å². The number of benzene rings is 2. The second kappa shape index (κ2) is 7.58. The molecule has 0 spiro atoms. The Morgan fingerprint density at radius 3 is 2.45 bits per heavy atom. The Morgan fingerprint density at radius 2 is 1.83 bits per heavy atom. The zero-order chi connectivity index (χ0) is 21.4. The van der Waals surface area contributed by atoms with Crippen LogP contribution in [0.1, 0.15) is 18.1 Å². The van der Waals surface area contributed by atoms with Crippen molar-refractivity contribution in [2.45, 2.75) is 26.1 Å². The number of nitrogens with zero attached hydrogens (tertiary/aromatic N) is 1. The Bertz CT molecular complexity index is 1060. The molecule has 0 radical (unpaired) electrons. The van der Waals surface area contributed by atoms with Gasteiger partial charge in [-0.1, -0.05) is 0 Å². The fourth-order valence-electron chi connectivity index (χ4n) is 2.52. The highest BCUT2D eigenvalue weighted by Gasteiger charge is 2.44. The summed E-state index contributed by atoms with van der Waals surface area (Å²) < 4.78 is 75.4. The summed E-state index contributed by atoms with van der Waals surface area (Å²) in [4.78, 5) is 15.5. The van der Waals surface area contributed by atoms with E-state index in [1.54, 1.807) is 0 Å². The first-order valence-corrected chi connectivity index (χ1v) is 9.16. The standard InChI is InChI=1S/C19H14F5NO3S/c1-3-27-17(26)19(23,24)28-14-6-4-11(8-10(14)2)16-25-13-9-12(18(20,21)22)5-7-15(13)29-16/h4-9H,3H2,1-2H3. The van der Waals surface area contributed by atoms with Crippen LogP contribution in [0.2, 0.25) is 0 Å². The fourth-order valence-corrected chi connectivity index (χ4v) is 3.46. The SMILES string of the molecule is CCOC(=O)C(F)(F)Oc1ccc(-c2nc3cc(C(F)(F)F)ccc3s2)cc1C. The highest BCUT2D eigenvalue weighted by atomic mass is 32.1. The topological polar surface area (TPSA) is 48.4 Å². The first-order chi connectivity index (χ1) is 13.5. The predicted molar refractivity (Wildman–Crippen MR) is 97.0 cm³/mol. The highest BCUT2D eigenvalue weighted by Crippen LogP contribution is 2.37. The quantitative estimate of drug-likeness (QED) is 0.377. The van der Waals surface area contributed by atoms with E-state index in [1.165, 1.54) is 49.4 Å². The van der Waals surface area contributed by atoms with Crippen LogP contribution in [0, 0.1) is 6.92 Å². The number of thiazole rings is 1. The minimum atomic E-state index is -4.47. The van der Waals surface area contributed by atoms with Crippen molar-refractivity contribution in [3.63, 3.8) is 0 Å². The van der Waals surface area contributed by atoms with E-state index >= 15 is 0 Å². The number of esters is 1. The van der Waals surface area contributed by atoms with E-state index in [0.717, 1.165) is 12.1 Å². The van der Waals surface area contributed by atoms with E-state index < -0.39 is 23.8 Å². The summed E-state index contributed by atoms with van der Waals surface area (Å²) in [6, 6.07) is 7.45. The van der Waals surface area contributed by atoms with Crippen molar-refractivity contribution in [3.8, 4) is 16.3 Å². The molecule has 0 saturated carbocycles. The maximum absolute atomic E-state index is 13.8. The summed E-state index contributed by atoms with van der Waals surface area (Å²) in [5, 5.41) is 0.422. The number of hydrogen-bond donors (Lipinski definition) is 0. The first-order valence-electron chi connectivity index (χ1n) is 8.34. The van der Waals surface area contributed by atoms with Gasteiger partial charge in [0, 0.05) is 5.56 Å². The van der Waals surface area contributed by atoms with Crippen LogP contribution in [0.25, 0.3) is 20.8 Å². The predicted octanol–water partition coefficient (Wildman–Crippen LogP) is 5.83. The number of rotatable bonds is 5.